The van der Waals surface area contributed by atoms with Crippen molar-refractivity contribution in [2.45, 2.75) is 52.0 Å². The van der Waals surface area contributed by atoms with Crippen LogP contribution in [0.2, 0.25) is 0 Å². The van der Waals surface area contributed by atoms with Gasteiger partial charge in [-0.25, -0.2) is 9.67 Å². The van der Waals surface area contributed by atoms with Crippen LogP contribution in [0.5, 0.6) is 0 Å². The molecule has 1 fully saturated rings. The first kappa shape index (κ1) is 15.1. The molecule has 0 atom stereocenters. The van der Waals surface area contributed by atoms with E-state index in [-0.39, 0.29) is 5.56 Å². The van der Waals surface area contributed by atoms with Gasteiger partial charge in [0.05, 0.1) is 11.7 Å². The van der Waals surface area contributed by atoms with Crippen molar-refractivity contribution < 1.29 is 0 Å². The number of aromatic nitrogens is 4. The van der Waals surface area contributed by atoms with Crippen molar-refractivity contribution in [1.29, 1.82) is 0 Å². The standard InChI is InChI=1S/C19H22N4O/c1-3-15-16-18(23(22-15)13-9-5-6-10-13)20-17(21-19(16)24)14-11-7-4-8-12(14)2/h4,7-8,11,13H,3,5-6,9-10H2,1-2H3,(H,20,21,24). The van der Waals surface area contributed by atoms with Gasteiger partial charge in [0.1, 0.15) is 11.2 Å². The van der Waals surface area contributed by atoms with Crippen LogP contribution in [-0.2, 0) is 6.42 Å². The lowest BCUT2D eigenvalue weighted by molar-refractivity contribution is 0.474. The predicted octanol–water partition coefficient (Wildman–Crippen LogP) is 3.77. The normalized spacial score (nSPS) is 15.4. The third-order valence-corrected chi connectivity index (χ3v) is 5.04. The molecule has 1 aliphatic carbocycles. The van der Waals surface area contributed by atoms with Gasteiger partial charge in [-0.2, -0.15) is 5.10 Å². The fourth-order valence-corrected chi connectivity index (χ4v) is 3.73. The zero-order valence-electron chi connectivity index (χ0n) is 14.2. The van der Waals surface area contributed by atoms with Gasteiger partial charge in [0.25, 0.3) is 5.56 Å². The molecule has 4 rings (SSSR count). The Bertz CT molecular complexity index is 948. The van der Waals surface area contributed by atoms with E-state index in [0.29, 0.717) is 17.3 Å². The molecule has 3 aromatic rings. The zero-order chi connectivity index (χ0) is 16.7. The maximum Gasteiger partial charge on any atom is 0.262 e. The maximum absolute atomic E-state index is 12.7. The first-order valence-electron chi connectivity index (χ1n) is 8.76. The van der Waals surface area contributed by atoms with Crippen molar-refractivity contribution >= 4 is 11.0 Å². The predicted molar refractivity (Wildman–Crippen MR) is 95.2 cm³/mol. The summed E-state index contributed by atoms with van der Waals surface area (Å²) in [7, 11) is 0. The second-order valence-electron chi connectivity index (χ2n) is 6.61. The minimum absolute atomic E-state index is 0.0839. The van der Waals surface area contributed by atoms with Gasteiger partial charge in [-0.1, -0.05) is 44.0 Å². The van der Waals surface area contributed by atoms with Gasteiger partial charge in [-0.3, -0.25) is 4.79 Å². The molecule has 1 aromatic carbocycles. The number of hydrogen-bond donors (Lipinski definition) is 1. The van der Waals surface area contributed by atoms with Crippen LogP contribution in [0.3, 0.4) is 0 Å². The molecule has 0 bridgehead atoms. The summed E-state index contributed by atoms with van der Waals surface area (Å²) in [5, 5.41) is 5.40. The van der Waals surface area contributed by atoms with Gasteiger partial charge in [0.15, 0.2) is 5.65 Å². The average Bonchev–Trinajstić information content (AvgIpc) is 3.22. The third kappa shape index (κ3) is 2.35. The summed E-state index contributed by atoms with van der Waals surface area (Å²) in [4.78, 5) is 20.5. The Kier molecular flexibility index (Phi) is 3.71. The van der Waals surface area contributed by atoms with E-state index in [1.165, 1.54) is 12.8 Å². The van der Waals surface area contributed by atoms with Crippen LogP contribution >= 0.6 is 0 Å². The molecule has 0 amide bonds. The Balaban J connectivity index is 1.98. The summed E-state index contributed by atoms with van der Waals surface area (Å²) in [6.07, 6.45) is 5.43. The highest BCUT2D eigenvalue weighted by atomic mass is 16.1. The highest BCUT2D eigenvalue weighted by Gasteiger charge is 2.24. The van der Waals surface area contributed by atoms with Crippen LogP contribution < -0.4 is 5.56 Å². The Hall–Kier alpha value is -2.43. The number of H-pyrrole nitrogens is 1. The van der Waals surface area contributed by atoms with E-state index < -0.39 is 0 Å². The summed E-state index contributed by atoms with van der Waals surface area (Å²) in [5.74, 6) is 0.632. The fraction of sp³-hybridized carbons (Fsp3) is 0.421. The van der Waals surface area contributed by atoms with E-state index in [1.807, 2.05) is 42.8 Å². The van der Waals surface area contributed by atoms with Crippen molar-refractivity contribution in [2.24, 2.45) is 0 Å². The minimum atomic E-state index is -0.0839. The molecule has 2 aromatic heterocycles. The van der Waals surface area contributed by atoms with Crippen LogP contribution in [0, 0.1) is 6.92 Å². The van der Waals surface area contributed by atoms with Gasteiger partial charge < -0.3 is 4.98 Å². The van der Waals surface area contributed by atoms with Gasteiger partial charge in [0.2, 0.25) is 0 Å². The number of fused-ring (bicyclic) bond motifs is 1. The molecule has 0 unspecified atom stereocenters. The first-order chi connectivity index (χ1) is 11.7. The van der Waals surface area contributed by atoms with Crippen molar-refractivity contribution in [3.63, 3.8) is 0 Å². The third-order valence-electron chi connectivity index (χ3n) is 5.04. The first-order valence-corrected chi connectivity index (χ1v) is 8.76. The van der Waals surface area contributed by atoms with E-state index in [2.05, 4.69) is 4.98 Å². The molecule has 0 aliphatic heterocycles. The number of aryl methyl sites for hydroxylation is 2. The second kappa shape index (κ2) is 5.89. The maximum atomic E-state index is 12.7. The molecular formula is C19H22N4O. The monoisotopic (exact) mass is 322 g/mol. The van der Waals surface area contributed by atoms with Crippen LogP contribution in [0.4, 0.5) is 0 Å². The largest absolute Gasteiger partial charge is 0.306 e. The lowest BCUT2D eigenvalue weighted by atomic mass is 10.1. The second-order valence-corrected chi connectivity index (χ2v) is 6.61. The van der Waals surface area contributed by atoms with Crippen molar-refractivity contribution in [3.8, 4) is 11.4 Å². The molecule has 1 saturated carbocycles. The van der Waals surface area contributed by atoms with Crippen molar-refractivity contribution in [2.75, 3.05) is 0 Å². The van der Waals surface area contributed by atoms with Gasteiger partial charge in [0, 0.05) is 5.56 Å². The van der Waals surface area contributed by atoms with Gasteiger partial charge >= 0.3 is 0 Å². The van der Waals surface area contributed by atoms with Crippen LogP contribution in [0.15, 0.2) is 29.1 Å². The van der Waals surface area contributed by atoms with E-state index in [4.69, 9.17) is 10.1 Å². The molecule has 0 saturated heterocycles. The SMILES string of the molecule is CCc1nn(C2CCCC2)c2nc(-c3ccccc3C)[nH]c(=O)c12. The molecular weight excluding hydrogens is 300 g/mol. The lowest BCUT2D eigenvalue weighted by Gasteiger charge is -2.11. The summed E-state index contributed by atoms with van der Waals surface area (Å²) < 4.78 is 2.01. The number of nitrogens with zero attached hydrogens (tertiary/aromatic N) is 3. The van der Waals surface area contributed by atoms with Gasteiger partial charge in [-0.05, 0) is 31.7 Å². The lowest BCUT2D eigenvalue weighted by Crippen LogP contribution is -2.13. The molecule has 1 N–H and O–H groups in total. The van der Waals surface area contributed by atoms with E-state index >= 15 is 0 Å². The summed E-state index contributed by atoms with van der Waals surface area (Å²) >= 11 is 0. The smallest absolute Gasteiger partial charge is 0.262 e. The fourth-order valence-electron chi connectivity index (χ4n) is 3.73. The minimum Gasteiger partial charge on any atom is -0.306 e. The van der Waals surface area contributed by atoms with Crippen LogP contribution in [0.1, 0.15) is 49.9 Å². The Morgan fingerprint density at radius 1 is 1.25 bits per heavy atom. The molecule has 124 valence electrons. The Morgan fingerprint density at radius 2 is 2.00 bits per heavy atom. The molecule has 24 heavy (non-hydrogen) atoms. The zero-order valence-corrected chi connectivity index (χ0v) is 14.2. The molecule has 5 heteroatoms. The highest BCUT2D eigenvalue weighted by Crippen LogP contribution is 2.32. The molecule has 5 nitrogen and oxygen atoms in total. The average molecular weight is 322 g/mol. The Morgan fingerprint density at radius 3 is 2.71 bits per heavy atom. The van der Waals surface area contributed by atoms with E-state index in [1.54, 1.807) is 0 Å². The molecule has 2 heterocycles. The number of nitrogens with one attached hydrogen (secondary N) is 1. The number of hydrogen-bond acceptors (Lipinski definition) is 3. The molecule has 0 radical (unpaired) electrons. The highest BCUT2D eigenvalue weighted by molar-refractivity contribution is 5.79. The topological polar surface area (TPSA) is 63.6 Å². The van der Waals surface area contributed by atoms with Crippen molar-refractivity contribution in [1.82, 2.24) is 19.7 Å². The number of rotatable bonds is 3. The number of aromatic amines is 1. The van der Waals surface area contributed by atoms with E-state index in [0.717, 1.165) is 41.7 Å². The van der Waals surface area contributed by atoms with Crippen molar-refractivity contribution in [3.05, 3.63) is 45.9 Å². The summed E-state index contributed by atoms with van der Waals surface area (Å²) in [6.45, 7) is 4.07. The molecule has 1 aliphatic rings. The summed E-state index contributed by atoms with van der Waals surface area (Å²) in [5.41, 5.74) is 3.57. The van der Waals surface area contributed by atoms with Crippen LogP contribution in [0.25, 0.3) is 22.4 Å². The summed E-state index contributed by atoms with van der Waals surface area (Å²) in [6, 6.07) is 8.36. The molecule has 0 spiro atoms. The van der Waals surface area contributed by atoms with Crippen LogP contribution in [-0.4, -0.2) is 19.7 Å². The number of benzene rings is 1. The van der Waals surface area contributed by atoms with Gasteiger partial charge in [-0.15, -0.1) is 0 Å². The quantitative estimate of drug-likeness (QED) is 0.798. The van der Waals surface area contributed by atoms with E-state index in [9.17, 15) is 4.79 Å². The Labute approximate surface area is 140 Å².